The van der Waals surface area contributed by atoms with Gasteiger partial charge in [-0.1, -0.05) is 0 Å². The molecule has 2 aromatic rings. The molecule has 8 heteroatoms. The van der Waals surface area contributed by atoms with Crippen molar-refractivity contribution < 1.29 is 15.0 Å². The molecule has 0 saturated heterocycles. The van der Waals surface area contributed by atoms with E-state index in [1.807, 2.05) is 0 Å². The minimum absolute atomic E-state index is 0.0488. The molecule has 0 aliphatic heterocycles. The molecule has 0 aromatic carbocycles. The number of nitrogens with one attached hydrogen (secondary N) is 2. The number of fused-ring (bicyclic) bond motifs is 1. The second-order valence-corrected chi connectivity index (χ2v) is 5.01. The van der Waals surface area contributed by atoms with Crippen molar-refractivity contribution in [2.24, 2.45) is 0 Å². The van der Waals surface area contributed by atoms with Crippen LogP contribution < -0.4 is 10.9 Å². The van der Waals surface area contributed by atoms with E-state index in [9.17, 15) is 14.7 Å². The third-order valence-electron chi connectivity index (χ3n) is 2.65. The van der Waals surface area contributed by atoms with Gasteiger partial charge in [-0.2, -0.15) is 0 Å². The zero-order valence-electron chi connectivity index (χ0n) is 10.1. The molecule has 0 aliphatic carbocycles. The summed E-state index contributed by atoms with van der Waals surface area (Å²) < 4.78 is 0. The Balaban J connectivity index is 2.31. The third-order valence-corrected chi connectivity index (χ3v) is 3.85. The fraction of sp³-hybridized carbons (Fsp3) is 0.364. The van der Waals surface area contributed by atoms with Crippen molar-refractivity contribution in [3.63, 3.8) is 0 Å². The summed E-state index contributed by atoms with van der Waals surface area (Å²) in [7, 11) is 0. The van der Waals surface area contributed by atoms with E-state index in [1.165, 1.54) is 6.33 Å². The highest BCUT2D eigenvalue weighted by Crippen LogP contribution is 2.26. The molecule has 0 saturated carbocycles. The Hall–Kier alpha value is -1.77. The van der Waals surface area contributed by atoms with Crippen LogP contribution in [0.4, 0.5) is 0 Å². The van der Waals surface area contributed by atoms with Crippen LogP contribution in [0, 0.1) is 6.92 Å². The van der Waals surface area contributed by atoms with E-state index in [0.29, 0.717) is 20.7 Å². The second kappa shape index (κ2) is 5.47. The third kappa shape index (κ3) is 2.65. The Morgan fingerprint density at radius 3 is 3.00 bits per heavy atom. The normalized spacial score (nSPS) is 12.6. The molecule has 1 amide bonds. The van der Waals surface area contributed by atoms with E-state index in [1.54, 1.807) is 6.92 Å². The number of hydrogen-bond acceptors (Lipinski definition) is 6. The molecular weight excluding hydrogens is 270 g/mol. The molecule has 2 heterocycles. The molecule has 1 unspecified atom stereocenters. The summed E-state index contributed by atoms with van der Waals surface area (Å²) in [6.45, 7) is 1.20. The number of carbonyl (C=O) groups excluding carboxylic acids is 1. The molecule has 102 valence electrons. The summed E-state index contributed by atoms with van der Waals surface area (Å²) in [5, 5.41) is 20.7. The minimum atomic E-state index is -1.000. The quantitative estimate of drug-likeness (QED) is 0.596. The van der Waals surface area contributed by atoms with Gasteiger partial charge in [-0.15, -0.1) is 11.3 Å². The number of thiophene rings is 1. The number of aromatic nitrogens is 2. The Kier molecular flexibility index (Phi) is 3.93. The molecule has 0 radical (unpaired) electrons. The number of aliphatic hydroxyl groups is 2. The average molecular weight is 283 g/mol. The highest BCUT2D eigenvalue weighted by atomic mass is 32.1. The van der Waals surface area contributed by atoms with E-state index in [0.717, 1.165) is 11.3 Å². The Labute approximate surface area is 111 Å². The lowest BCUT2D eigenvalue weighted by atomic mass is 10.2. The van der Waals surface area contributed by atoms with Crippen LogP contribution in [0.1, 0.15) is 15.2 Å². The zero-order valence-corrected chi connectivity index (χ0v) is 11.0. The number of nitrogens with zero attached hydrogens (tertiary/aromatic N) is 1. The van der Waals surface area contributed by atoms with Crippen LogP contribution in [0.25, 0.3) is 10.2 Å². The van der Waals surface area contributed by atoms with Gasteiger partial charge in [-0.25, -0.2) is 4.98 Å². The van der Waals surface area contributed by atoms with E-state index in [4.69, 9.17) is 5.11 Å². The van der Waals surface area contributed by atoms with E-state index in [2.05, 4.69) is 15.3 Å². The molecule has 2 rings (SSSR count). The lowest BCUT2D eigenvalue weighted by Gasteiger charge is -2.08. The summed E-state index contributed by atoms with van der Waals surface area (Å²) in [4.78, 5) is 30.9. The lowest BCUT2D eigenvalue weighted by Crippen LogP contribution is -2.33. The Morgan fingerprint density at radius 2 is 2.37 bits per heavy atom. The topological polar surface area (TPSA) is 115 Å². The standard InChI is InChI=1S/C11H13N3O4S/c1-5-7-9(17)13-4-14-11(7)19-8(5)10(18)12-2-6(16)3-15/h4,6,15-16H,2-3H2,1H3,(H,12,18)(H,13,14,17). The number of aryl methyl sites for hydroxylation is 1. The predicted molar refractivity (Wildman–Crippen MR) is 70.4 cm³/mol. The van der Waals surface area contributed by atoms with Gasteiger partial charge in [0, 0.05) is 6.54 Å². The summed E-state index contributed by atoms with van der Waals surface area (Å²) in [6, 6.07) is 0. The van der Waals surface area contributed by atoms with Crippen LogP contribution >= 0.6 is 11.3 Å². The number of hydrogen-bond donors (Lipinski definition) is 4. The van der Waals surface area contributed by atoms with E-state index >= 15 is 0 Å². The maximum atomic E-state index is 11.9. The van der Waals surface area contributed by atoms with Crippen molar-refractivity contribution in [2.45, 2.75) is 13.0 Å². The molecule has 0 spiro atoms. The SMILES string of the molecule is Cc1c(C(=O)NCC(O)CO)sc2nc[nH]c(=O)c12. The van der Waals surface area contributed by atoms with Crippen molar-refractivity contribution >= 4 is 27.5 Å². The fourth-order valence-corrected chi connectivity index (χ4v) is 2.72. The number of carbonyl (C=O) groups is 1. The molecule has 1 atom stereocenters. The van der Waals surface area contributed by atoms with Crippen LogP contribution in [0.15, 0.2) is 11.1 Å². The van der Waals surface area contributed by atoms with Crippen LogP contribution in [0.2, 0.25) is 0 Å². The van der Waals surface area contributed by atoms with Gasteiger partial charge in [0.2, 0.25) is 0 Å². The fourth-order valence-electron chi connectivity index (χ4n) is 1.65. The molecule has 0 fully saturated rings. The molecule has 0 aliphatic rings. The number of aromatic amines is 1. The summed E-state index contributed by atoms with van der Waals surface area (Å²) >= 11 is 1.12. The zero-order chi connectivity index (χ0) is 14.0. The summed E-state index contributed by atoms with van der Waals surface area (Å²) in [6.07, 6.45) is 0.290. The molecule has 19 heavy (non-hydrogen) atoms. The van der Waals surface area contributed by atoms with Gasteiger partial charge in [0.1, 0.15) is 4.83 Å². The van der Waals surface area contributed by atoms with Crippen molar-refractivity contribution in [3.05, 3.63) is 27.1 Å². The van der Waals surface area contributed by atoms with Crippen molar-refractivity contribution in [2.75, 3.05) is 13.2 Å². The molecule has 2 aromatic heterocycles. The van der Waals surface area contributed by atoms with Gasteiger partial charge >= 0.3 is 0 Å². The summed E-state index contributed by atoms with van der Waals surface area (Å²) in [5.74, 6) is -0.396. The Morgan fingerprint density at radius 1 is 1.63 bits per heavy atom. The monoisotopic (exact) mass is 283 g/mol. The molecular formula is C11H13N3O4S. The number of amides is 1. The first-order valence-electron chi connectivity index (χ1n) is 5.58. The first-order chi connectivity index (χ1) is 9.04. The second-order valence-electron chi connectivity index (χ2n) is 4.01. The van der Waals surface area contributed by atoms with Crippen LogP contribution in [-0.2, 0) is 0 Å². The van der Waals surface area contributed by atoms with Gasteiger partial charge in [0.15, 0.2) is 0 Å². The molecule has 7 nitrogen and oxygen atoms in total. The molecule has 4 N–H and O–H groups in total. The largest absolute Gasteiger partial charge is 0.394 e. The maximum absolute atomic E-state index is 11.9. The number of rotatable bonds is 4. The van der Waals surface area contributed by atoms with Gasteiger partial charge in [-0.3, -0.25) is 9.59 Å². The highest BCUT2D eigenvalue weighted by molar-refractivity contribution is 7.20. The first-order valence-corrected chi connectivity index (χ1v) is 6.40. The van der Waals surface area contributed by atoms with Crippen LogP contribution in [0.3, 0.4) is 0 Å². The van der Waals surface area contributed by atoms with E-state index in [-0.39, 0.29) is 12.1 Å². The van der Waals surface area contributed by atoms with Gasteiger partial charge in [0.25, 0.3) is 11.5 Å². The average Bonchev–Trinajstić information content (AvgIpc) is 2.74. The number of H-pyrrole nitrogens is 1. The van der Waals surface area contributed by atoms with Crippen molar-refractivity contribution in [1.82, 2.24) is 15.3 Å². The number of aliphatic hydroxyl groups excluding tert-OH is 2. The van der Waals surface area contributed by atoms with Crippen LogP contribution in [-0.4, -0.2) is 45.3 Å². The first kappa shape index (κ1) is 13.7. The van der Waals surface area contributed by atoms with Crippen molar-refractivity contribution in [1.29, 1.82) is 0 Å². The van der Waals surface area contributed by atoms with Gasteiger partial charge in [0.05, 0.1) is 29.3 Å². The molecule has 0 bridgehead atoms. The van der Waals surface area contributed by atoms with Crippen molar-refractivity contribution in [3.8, 4) is 0 Å². The smallest absolute Gasteiger partial charge is 0.261 e. The predicted octanol–water partition coefficient (Wildman–Crippen LogP) is -0.624. The van der Waals surface area contributed by atoms with Crippen LogP contribution in [0.5, 0.6) is 0 Å². The summed E-state index contributed by atoms with van der Waals surface area (Å²) in [5.41, 5.74) is 0.276. The maximum Gasteiger partial charge on any atom is 0.261 e. The Bertz CT molecular complexity index is 663. The van der Waals surface area contributed by atoms with Gasteiger partial charge < -0.3 is 20.5 Å². The highest BCUT2D eigenvalue weighted by Gasteiger charge is 2.18. The van der Waals surface area contributed by atoms with E-state index < -0.39 is 18.6 Å². The lowest BCUT2D eigenvalue weighted by molar-refractivity contribution is 0.0804. The minimum Gasteiger partial charge on any atom is -0.394 e. The van der Waals surface area contributed by atoms with Gasteiger partial charge in [-0.05, 0) is 12.5 Å².